The highest BCUT2D eigenvalue weighted by molar-refractivity contribution is 9.10. The summed E-state index contributed by atoms with van der Waals surface area (Å²) in [6.07, 6.45) is 0. The highest BCUT2D eigenvalue weighted by Gasteiger charge is 2.09. The first-order chi connectivity index (χ1) is 9.97. The van der Waals surface area contributed by atoms with Crippen LogP contribution in [0.15, 0.2) is 46.9 Å². The first kappa shape index (κ1) is 15.0. The topological polar surface area (TPSA) is 92.5 Å². The van der Waals surface area contributed by atoms with Crippen molar-refractivity contribution in [3.63, 3.8) is 0 Å². The number of benzene rings is 2. The summed E-state index contributed by atoms with van der Waals surface area (Å²) in [4.78, 5) is 20.9. The summed E-state index contributed by atoms with van der Waals surface area (Å²) in [5.41, 5.74) is 1.88. The third-order valence-corrected chi connectivity index (χ3v) is 3.50. The van der Waals surface area contributed by atoms with E-state index in [1.807, 2.05) is 0 Å². The highest BCUT2D eigenvalue weighted by atomic mass is 79.9. The van der Waals surface area contributed by atoms with Crippen LogP contribution in [0.1, 0.15) is 15.9 Å². The molecule has 0 amide bonds. The molecule has 0 saturated heterocycles. The molecule has 108 valence electrons. The van der Waals surface area contributed by atoms with Gasteiger partial charge in [0.15, 0.2) is 0 Å². The lowest BCUT2D eigenvalue weighted by Gasteiger charge is -2.08. The first-order valence-corrected chi connectivity index (χ1v) is 6.76. The number of non-ortho nitro benzene ring substituents is 1. The number of hydrogen-bond acceptors (Lipinski definition) is 4. The maximum Gasteiger partial charge on any atom is 0.335 e. The summed E-state index contributed by atoms with van der Waals surface area (Å²) in [5, 5.41) is 22.6. The van der Waals surface area contributed by atoms with Crippen molar-refractivity contribution in [1.82, 2.24) is 0 Å². The number of halogens is 1. The normalized spacial score (nSPS) is 10.1. The number of carboxylic acids is 1. The van der Waals surface area contributed by atoms with Crippen LogP contribution in [-0.2, 0) is 6.54 Å². The number of anilines is 1. The number of aromatic carboxylic acids is 1. The molecule has 6 nitrogen and oxygen atoms in total. The Morgan fingerprint density at radius 2 is 1.90 bits per heavy atom. The molecule has 0 spiro atoms. The Labute approximate surface area is 128 Å². The van der Waals surface area contributed by atoms with Crippen LogP contribution < -0.4 is 5.32 Å². The van der Waals surface area contributed by atoms with Gasteiger partial charge in [-0.05, 0) is 39.7 Å². The van der Waals surface area contributed by atoms with Crippen LogP contribution in [0.3, 0.4) is 0 Å². The molecular formula is C14H11BrN2O4. The van der Waals surface area contributed by atoms with Gasteiger partial charge in [-0.1, -0.05) is 12.1 Å². The van der Waals surface area contributed by atoms with E-state index in [0.717, 1.165) is 11.3 Å². The number of nitrogens with one attached hydrogen (secondary N) is 1. The summed E-state index contributed by atoms with van der Waals surface area (Å²) < 4.78 is 0.596. The average Bonchev–Trinajstić information content (AvgIpc) is 2.46. The number of carbonyl (C=O) groups is 1. The van der Waals surface area contributed by atoms with Crippen molar-refractivity contribution >= 4 is 33.3 Å². The minimum absolute atomic E-state index is 0.0123. The number of rotatable bonds is 5. The Hall–Kier alpha value is -2.41. The summed E-state index contributed by atoms with van der Waals surface area (Å²) in [6.45, 7) is 0.482. The number of nitro groups is 1. The van der Waals surface area contributed by atoms with Gasteiger partial charge in [0.05, 0.1) is 10.5 Å². The number of nitrogens with zero attached hydrogens (tertiary/aromatic N) is 1. The molecule has 0 aliphatic heterocycles. The summed E-state index contributed by atoms with van der Waals surface area (Å²) in [7, 11) is 0. The molecule has 0 radical (unpaired) electrons. The van der Waals surface area contributed by atoms with Crippen LogP contribution in [0, 0.1) is 10.1 Å². The van der Waals surface area contributed by atoms with E-state index in [1.165, 1.54) is 24.3 Å². The molecule has 0 aromatic heterocycles. The third-order valence-electron chi connectivity index (χ3n) is 2.85. The largest absolute Gasteiger partial charge is 0.478 e. The summed E-state index contributed by atoms with van der Waals surface area (Å²) in [5.74, 6) is -0.965. The molecule has 0 fully saturated rings. The highest BCUT2D eigenvalue weighted by Crippen LogP contribution is 2.27. The van der Waals surface area contributed by atoms with Gasteiger partial charge in [0.2, 0.25) is 0 Å². The van der Waals surface area contributed by atoms with Crippen molar-refractivity contribution in [1.29, 1.82) is 0 Å². The lowest BCUT2D eigenvalue weighted by atomic mass is 10.1. The van der Waals surface area contributed by atoms with Crippen molar-refractivity contribution in [2.45, 2.75) is 6.54 Å². The van der Waals surface area contributed by atoms with Gasteiger partial charge in [0.1, 0.15) is 0 Å². The van der Waals surface area contributed by atoms with Gasteiger partial charge < -0.3 is 10.4 Å². The van der Waals surface area contributed by atoms with E-state index in [0.29, 0.717) is 11.0 Å². The summed E-state index contributed by atoms with van der Waals surface area (Å²) in [6, 6.07) is 11.0. The molecule has 21 heavy (non-hydrogen) atoms. The van der Waals surface area contributed by atoms with Crippen LogP contribution in [0.4, 0.5) is 11.4 Å². The van der Waals surface area contributed by atoms with Crippen molar-refractivity contribution in [2.24, 2.45) is 0 Å². The molecule has 2 N–H and O–H groups in total. The van der Waals surface area contributed by atoms with E-state index in [-0.39, 0.29) is 11.3 Å². The monoisotopic (exact) mass is 350 g/mol. The van der Waals surface area contributed by atoms with Crippen LogP contribution in [-0.4, -0.2) is 16.0 Å². The summed E-state index contributed by atoms with van der Waals surface area (Å²) >= 11 is 3.28. The first-order valence-electron chi connectivity index (χ1n) is 5.97. The second kappa shape index (κ2) is 6.36. The Morgan fingerprint density at radius 1 is 1.24 bits per heavy atom. The molecule has 2 aromatic carbocycles. The van der Waals surface area contributed by atoms with Crippen molar-refractivity contribution in [2.75, 3.05) is 5.32 Å². The Kier molecular flexibility index (Phi) is 4.54. The van der Waals surface area contributed by atoms with Crippen LogP contribution >= 0.6 is 15.9 Å². The molecule has 7 heteroatoms. The standard InChI is InChI=1S/C14H11BrN2O4/c15-12-7-11(17(20)21)5-6-13(12)16-8-9-1-3-10(4-2-9)14(18)19/h1-7,16H,8H2,(H,18,19). The molecule has 0 aliphatic rings. The average molecular weight is 351 g/mol. The Balaban J connectivity index is 2.06. The van der Waals surface area contributed by atoms with Crippen LogP contribution in [0.5, 0.6) is 0 Å². The van der Waals surface area contributed by atoms with Gasteiger partial charge in [0.25, 0.3) is 5.69 Å². The molecule has 0 bridgehead atoms. The molecule has 0 unspecified atom stereocenters. The van der Waals surface area contributed by atoms with Crippen molar-refractivity contribution in [3.05, 3.63) is 68.2 Å². The lowest BCUT2D eigenvalue weighted by Crippen LogP contribution is -2.02. The zero-order chi connectivity index (χ0) is 15.4. The SMILES string of the molecule is O=C(O)c1ccc(CNc2ccc([N+](=O)[O-])cc2Br)cc1. The van der Waals surface area contributed by atoms with Gasteiger partial charge in [-0.15, -0.1) is 0 Å². The number of carboxylic acid groups (broad SMARTS) is 1. The fourth-order valence-corrected chi connectivity index (χ4v) is 2.23. The minimum atomic E-state index is -0.965. The smallest absolute Gasteiger partial charge is 0.335 e. The van der Waals surface area contributed by atoms with Gasteiger partial charge in [-0.25, -0.2) is 4.79 Å². The Morgan fingerprint density at radius 3 is 2.43 bits per heavy atom. The van der Waals surface area contributed by atoms with Crippen molar-refractivity contribution in [3.8, 4) is 0 Å². The predicted molar refractivity (Wildman–Crippen MR) is 81.5 cm³/mol. The van der Waals surface area contributed by atoms with E-state index in [4.69, 9.17) is 5.11 Å². The molecule has 0 saturated carbocycles. The van der Waals surface area contributed by atoms with E-state index >= 15 is 0 Å². The molecule has 0 atom stereocenters. The number of hydrogen-bond donors (Lipinski definition) is 2. The van der Waals surface area contributed by atoms with Gasteiger partial charge in [-0.3, -0.25) is 10.1 Å². The second-order valence-electron chi connectivity index (χ2n) is 4.28. The molecule has 2 aromatic rings. The van der Waals surface area contributed by atoms with Gasteiger partial charge >= 0.3 is 5.97 Å². The number of nitro benzene ring substituents is 1. The van der Waals surface area contributed by atoms with Crippen LogP contribution in [0.25, 0.3) is 0 Å². The quantitative estimate of drug-likeness (QED) is 0.633. The van der Waals surface area contributed by atoms with E-state index in [1.54, 1.807) is 18.2 Å². The van der Waals surface area contributed by atoms with Gasteiger partial charge in [-0.2, -0.15) is 0 Å². The molecule has 0 aliphatic carbocycles. The lowest BCUT2D eigenvalue weighted by molar-refractivity contribution is -0.384. The van der Waals surface area contributed by atoms with E-state index < -0.39 is 10.9 Å². The predicted octanol–water partition coefficient (Wildman–Crippen LogP) is 3.67. The fourth-order valence-electron chi connectivity index (χ4n) is 1.72. The minimum Gasteiger partial charge on any atom is -0.478 e. The van der Waals surface area contributed by atoms with E-state index in [9.17, 15) is 14.9 Å². The molecule has 2 rings (SSSR count). The maximum absolute atomic E-state index is 10.7. The zero-order valence-electron chi connectivity index (χ0n) is 10.7. The van der Waals surface area contributed by atoms with Gasteiger partial charge in [0, 0.05) is 28.8 Å². The maximum atomic E-state index is 10.7. The van der Waals surface area contributed by atoms with Crippen LogP contribution in [0.2, 0.25) is 0 Å². The van der Waals surface area contributed by atoms with Crippen molar-refractivity contribution < 1.29 is 14.8 Å². The fraction of sp³-hybridized carbons (Fsp3) is 0.0714. The third kappa shape index (κ3) is 3.79. The Bertz CT molecular complexity index is 686. The molecular weight excluding hydrogens is 340 g/mol. The second-order valence-corrected chi connectivity index (χ2v) is 5.13. The van der Waals surface area contributed by atoms with E-state index in [2.05, 4.69) is 21.2 Å². The molecule has 0 heterocycles. The zero-order valence-corrected chi connectivity index (χ0v) is 12.3.